The summed E-state index contributed by atoms with van der Waals surface area (Å²) in [4.78, 5) is 13.6. The number of anilines is 1. The molecule has 1 rings (SSSR count). The summed E-state index contributed by atoms with van der Waals surface area (Å²) in [6.07, 6.45) is 0.435. The van der Waals surface area contributed by atoms with Crippen molar-refractivity contribution in [3.63, 3.8) is 0 Å². The van der Waals surface area contributed by atoms with E-state index in [1.165, 1.54) is 6.07 Å². The van der Waals surface area contributed by atoms with Gasteiger partial charge < -0.3 is 15.6 Å². The molecule has 0 saturated carbocycles. The van der Waals surface area contributed by atoms with Gasteiger partial charge in [0.15, 0.2) is 0 Å². The van der Waals surface area contributed by atoms with Crippen molar-refractivity contribution in [2.75, 3.05) is 18.9 Å². The van der Waals surface area contributed by atoms with Crippen molar-refractivity contribution in [1.29, 1.82) is 0 Å². The lowest BCUT2D eigenvalue weighted by atomic mass is 10.4. The van der Waals surface area contributed by atoms with Crippen LogP contribution in [0.4, 0.5) is 11.5 Å². The Hall–Kier alpha value is -1.89. The van der Waals surface area contributed by atoms with Crippen molar-refractivity contribution in [1.82, 2.24) is 4.98 Å². The Morgan fingerprint density at radius 3 is 2.93 bits per heavy atom. The second kappa shape index (κ2) is 5.11. The largest absolute Gasteiger partial charge is 0.477 e. The third kappa shape index (κ3) is 3.39. The van der Waals surface area contributed by atoms with Gasteiger partial charge in [-0.25, -0.2) is 0 Å². The molecule has 0 aliphatic heterocycles. The minimum absolute atomic E-state index is 0.00951. The maximum Gasteiger partial charge on any atom is 0.278 e. The molecule has 0 amide bonds. The van der Waals surface area contributed by atoms with E-state index in [2.05, 4.69) is 4.98 Å². The summed E-state index contributed by atoms with van der Waals surface area (Å²) in [6, 6.07) is 2.34. The molecule has 0 aromatic carbocycles. The number of nitrogens with two attached hydrogens (primary N) is 1. The van der Waals surface area contributed by atoms with Gasteiger partial charge in [-0.15, -0.1) is 0 Å². The lowest BCUT2D eigenvalue weighted by molar-refractivity contribution is -0.384. The van der Waals surface area contributed by atoms with Crippen molar-refractivity contribution in [2.45, 2.75) is 6.42 Å². The maximum absolute atomic E-state index is 10.5. The van der Waals surface area contributed by atoms with Gasteiger partial charge in [-0.1, -0.05) is 0 Å². The number of nitro groups is 1. The standard InChI is InChI=1S/C8H11N3O4/c9-7-4-6(11(13)14)5-8(10-7)15-3-1-2-12/h4-5,12H,1-3H2,(H2,9,10). The molecule has 0 saturated heterocycles. The molecule has 1 aromatic rings. The number of aromatic nitrogens is 1. The third-order valence-corrected chi connectivity index (χ3v) is 1.57. The molecule has 0 bridgehead atoms. The predicted molar refractivity (Wildman–Crippen MR) is 52.5 cm³/mol. The first-order valence-corrected chi connectivity index (χ1v) is 4.29. The van der Waals surface area contributed by atoms with Crippen molar-refractivity contribution >= 4 is 11.5 Å². The lowest BCUT2D eigenvalue weighted by Gasteiger charge is -2.04. The number of nitrogens with zero attached hydrogens (tertiary/aromatic N) is 2. The number of aliphatic hydroxyl groups excluding tert-OH is 1. The van der Waals surface area contributed by atoms with E-state index in [0.717, 1.165) is 6.07 Å². The monoisotopic (exact) mass is 213 g/mol. The molecule has 7 nitrogen and oxygen atoms in total. The summed E-state index contributed by atoms with van der Waals surface area (Å²) in [5, 5.41) is 19.0. The molecule has 0 aliphatic carbocycles. The number of nitrogen functional groups attached to an aromatic ring is 1. The molecule has 1 aromatic heterocycles. The molecule has 0 fully saturated rings. The van der Waals surface area contributed by atoms with Crippen LogP contribution in [0, 0.1) is 10.1 Å². The van der Waals surface area contributed by atoms with E-state index in [4.69, 9.17) is 15.6 Å². The third-order valence-electron chi connectivity index (χ3n) is 1.57. The normalized spacial score (nSPS) is 9.93. The molecule has 82 valence electrons. The first-order valence-electron chi connectivity index (χ1n) is 4.29. The highest BCUT2D eigenvalue weighted by Gasteiger charge is 2.10. The summed E-state index contributed by atoms with van der Waals surface area (Å²) in [5.41, 5.74) is 5.19. The van der Waals surface area contributed by atoms with Crippen LogP contribution in [0.25, 0.3) is 0 Å². The Labute approximate surface area is 85.6 Å². The summed E-state index contributed by atoms with van der Waals surface area (Å²) in [7, 11) is 0. The first-order chi connectivity index (χ1) is 7.13. The van der Waals surface area contributed by atoms with Crippen LogP contribution in [0.2, 0.25) is 0 Å². The van der Waals surface area contributed by atoms with Gasteiger partial charge in [0.1, 0.15) is 5.82 Å². The van der Waals surface area contributed by atoms with E-state index >= 15 is 0 Å². The van der Waals surface area contributed by atoms with Gasteiger partial charge in [-0.2, -0.15) is 4.98 Å². The zero-order valence-electron chi connectivity index (χ0n) is 7.92. The number of hydrogen-bond donors (Lipinski definition) is 2. The molecule has 0 aliphatic rings. The van der Waals surface area contributed by atoms with Gasteiger partial charge in [-0.3, -0.25) is 10.1 Å². The van der Waals surface area contributed by atoms with Crippen molar-refractivity contribution < 1.29 is 14.8 Å². The van der Waals surface area contributed by atoms with E-state index < -0.39 is 4.92 Å². The molecule has 15 heavy (non-hydrogen) atoms. The highest BCUT2D eigenvalue weighted by Crippen LogP contribution is 2.20. The van der Waals surface area contributed by atoms with Crippen LogP contribution in [-0.2, 0) is 0 Å². The second-order valence-corrected chi connectivity index (χ2v) is 2.77. The fourth-order valence-electron chi connectivity index (χ4n) is 0.932. The zero-order chi connectivity index (χ0) is 11.3. The van der Waals surface area contributed by atoms with Crippen LogP contribution in [0.3, 0.4) is 0 Å². The molecule has 0 unspecified atom stereocenters. The van der Waals surface area contributed by atoms with Gasteiger partial charge in [0.05, 0.1) is 23.7 Å². The zero-order valence-corrected chi connectivity index (χ0v) is 7.92. The Balaban J connectivity index is 2.75. The Kier molecular flexibility index (Phi) is 3.81. The van der Waals surface area contributed by atoms with Crippen molar-refractivity contribution in [2.24, 2.45) is 0 Å². The Morgan fingerprint density at radius 1 is 1.60 bits per heavy atom. The number of rotatable bonds is 5. The molecule has 0 radical (unpaired) electrons. The van der Waals surface area contributed by atoms with E-state index in [1.807, 2.05) is 0 Å². The second-order valence-electron chi connectivity index (χ2n) is 2.77. The minimum Gasteiger partial charge on any atom is -0.477 e. The molecular weight excluding hydrogens is 202 g/mol. The summed E-state index contributed by atoms with van der Waals surface area (Å²) in [5.74, 6) is 0.123. The predicted octanol–water partition coefficient (Wildman–Crippen LogP) is 0.333. The van der Waals surface area contributed by atoms with Gasteiger partial charge in [-0.05, 0) is 0 Å². The fraction of sp³-hybridized carbons (Fsp3) is 0.375. The van der Waals surface area contributed by atoms with Crippen molar-refractivity contribution in [3.8, 4) is 5.88 Å². The number of hydrogen-bond acceptors (Lipinski definition) is 6. The highest BCUT2D eigenvalue weighted by atomic mass is 16.6. The number of ether oxygens (including phenoxy) is 1. The first kappa shape index (κ1) is 11.2. The van der Waals surface area contributed by atoms with Gasteiger partial charge >= 0.3 is 0 Å². The van der Waals surface area contributed by atoms with Crippen LogP contribution in [0.15, 0.2) is 12.1 Å². The van der Waals surface area contributed by atoms with E-state index in [1.54, 1.807) is 0 Å². The number of pyridine rings is 1. The molecule has 0 spiro atoms. The molecule has 7 heteroatoms. The fourth-order valence-corrected chi connectivity index (χ4v) is 0.932. The van der Waals surface area contributed by atoms with E-state index in [-0.39, 0.29) is 30.6 Å². The van der Waals surface area contributed by atoms with Crippen LogP contribution in [-0.4, -0.2) is 28.2 Å². The van der Waals surface area contributed by atoms with Crippen LogP contribution < -0.4 is 10.5 Å². The summed E-state index contributed by atoms with van der Waals surface area (Å²) < 4.78 is 5.06. The Bertz CT molecular complexity index is 356. The lowest BCUT2D eigenvalue weighted by Crippen LogP contribution is -2.03. The Morgan fingerprint density at radius 2 is 2.33 bits per heavy atom. The average Bonchev–Trinajstić information content (AvgIpc) is 2.17. The highest BCUT2D eigenvalue weighted by molar-refractivity contribution is 5.45. The van der Waals surface area contributed by atoms with Crippen molar-refractivity contribution in [3.05, 3.63) is 22.2 Å². The van der Waals surface area contributed by atoms with Gasteiger partial charge in [0.25, 0.3) is 5.69 Å². The SMILES string of the molecule is Nc1cc([N+](=O)[O-])cc(OCCCO)n1. The van der Waals surface area contributed by atoms with Crippen LogP contribution >= 0.6 is 0 Å². The van der Waals surface area contributed by atoms with Gasteiger partial charge in [0.2, 0.25) is 5.88 Å². The molecular formula is C8H11N3O4. The molecule has 1 heterocycles. The minimum atomic E-state index is -0.572. The van der Waals surface area contributed by atoms with E-state index in [0.29, 0.717) is 6.42 Å². The quantitative estimate of drug-likeness (QED) is 0.414. The molecule has 0 atom stereocenters. The van der Waals surface area contributed by atoms with Crippen LogP contribution in [0.1, 0.15) is 6.42 Å². The van der Waals surface area contributed by atoms with Crippen LogP contribution in [0.5, 0.6) is 5.88 Å². The summed E-state index contributed by atoms with van der Waals surface area (Å²) >= 11 is 0. The average molecular weight is 213 g/mol. The summed E-state index contributed by atoms with van der Waals surface area (Å²) in [6.45, 7) is 0.231. The molecule has 3 N–H and O–H groups in total. The smallest absolute Gasteiger partial charge is 0.278 e. The van der Waals surface area contributed by atoms with E-state index in [9.17, 15) is 10.1 Å². The maximum atomic E-state index is 10.5. The topological polar surface area (TPSA) is 112 Å². The number of aliphatic hydroxyl groups is 1. The van der Waals surface area contributed by atoms with Gasteiger partial charge in [0, 0.05) is 13.0 Å².